The minimum absolute atomic E-state index is 0.0577. The van der Waals surface area contributed by atoms with Gasteiger partial charge in [-0.1, -0.05) is 18.2 Å². The zero-order chi connectivity index (χ0) is 22.8. The molecular weight excluding hydrogens is 410 g/mol. The second-order valence-electron chi connectivity index (χ2n) is 8.04. The van der Waals surface area contributed by atoms with Gasteiger partial charge < -0.3 is 24.2 Å². The lowest BCUT2D eigenvalue weighted by atomic mass is 9.94. The van der Waals surface area contributed by atoms with Crippen LogP contribution in [0.5, 0.6) is 11.5 Å². The Morgan fingerprint density at radius 1 is 1.19 bits per heavy atom. The first kappa shape index (κ1) is 21.9. The molecule has 2 aliphatic heterocycles. The van der Waals surface area contributed by atoms with Gasteiger partial charge in [0.25, 0.3) is 11.7 Å². The smallest absolute Gasteiger partial charge is 0.295 e. The van der Waals surface area contributed by atoms with E-state index in [1.54, 1.807) is 25.3 Å². The van der Waals surface area contributed by atoms with Gasteiger partial charge in [0.2, 0.25) is 0 Å². The van der Waals surface area contributed by atoms with E-state index in [1.165, 1.54) is 12.0 Å². The van der Waals surface area contributed by atoms with E-state index in [4.69, 9.17) is 14.2 Å². The molecule has 0 bridgehead atoms. The van der Waals surface area contributed by atoms with E-state index in [-0.39, 0.29) is 17.4 Å². The number of rotatable bonds is 7. The van der Waals surface area contributed by atoms with Gasteiger partial charge in [-0.25, -0.2) is 0 Å². The number of Topliss-reactive ketones (excluding diaryl/α,β-unsaturated/α-hetero) is 1. The number of likely N-dealkylation sites (tertiary alicyclic amines) is 1. The number of ketones is 1. The molecule has 0 spiro atoms. The third kappa shape index (κ3) is 3.84. The average molecular weight is 437 g/mol. The summed E-state index contributed by atoms with van der Waals surface area (Å²) in [5.74, 6) is -0.234. The molecule has 2 aromatic carbocycles. The first-order chi connectivity index (χ1) is 15.5. The Bertz CT molecular complexity index is 1080. The lowest BCUT2D eigenvalue weighted by molar-refractivity contribution is -0.140. The van der Waals surface area contributed by atoms with Gasteiger partial charge >= 0.3 is 0 Å². The van der Waals surface area contributed by atoms with E-state index in [1.807, 2.05) is 31.2 Å². The largest absolute Gasteiger partial charge is 0.507 e. The van der Waals surface area contributed by atoms with E-state index in [0.717, 1.165) is 17.7 Å². The lowest BCUT2D eigenvalue weighted by Crippen LogP contribution is -2.31. The van der Waals surface area contributed by atoms with E-state index in [0.29, 0.717) is 36.4 Å². The first-order valence-corrected chi connectivity index (χ1v) is 10.7. The monoisotopic (exact) mass is 437 g/mol. The van der Waals surface area contributed by atoms with Crippen molar-refractivity contribution in [2.45, 2.75) is 31.9 Å². The molecule has 2 aromatic rings. The Morgan fingerprint density at radius 2 is 1.97 bits per heavy atom. The van der Waals surface area contributed by atoms with Gasteiger partial charge in [0.1, 0.15) is 23.4 Å². The standard InChI is InChI=1S/C25H27NO6/c1-15-13-17-14-16(9-10-19(17)32-15)23(27)21-22(18-7-4-5-8-20(18)31-3)26(11-6-12-30-2)25(29)24(21)28/h4-5,7-10,14-15,22,27H,6,11-13H2,1-3H3/b23-21+. The van der Waals surface area contributed by atoms with Crippen LogP contribution in [0, 0.1) is 0 Å². The van der Waals surface area contributed by atoms with Crippen molar-refractivity contribution in [1.29, 1.82) is 0 Å². The van der Waals surface area contributed by atoms with Crippen molar-refractivity contribution in [1.82, 2.24) is 4.90 Å². The summed E-state index contributed by atoms with van der Waals surface area (Å²) in [5.41, 5.74) is 2.15. The zero-order valence-corrected chi connectivity index (χ0v) is 18.5. The maximum Gasteiger partial charge on any atom is 0.295 e. The minimum Gasteiger partial charge on any atom is -0.507 e. The van der Waals surface area contributed by atoms with Crippen LogP contribution in [0.25, 0.3) is 5.76 Å². The fourth-order valence-corrected chi connectivity index (χ4v) is 4.43. The summed E-state index contributed by atoms with van der Waals surface area (Å²) in [7, 11) is 3.13. The number of methoxy groups -OCH3 is 2. The molecule has 0 saturated carbocycles. The van der Waals surface area contributed by atoms with Crippen LogP contribution in [-0.4, -0.2) is 55.2 Å². The number of aliphatic hydroxyl groups excluding tert-OH is 1. The molecule has 32 heavy (non-hydrogen) atoms. The molecule has 7 nitrogen and oxygen atoms in total. The molecule has 2 atom stereocenters. The van der Waals surface area contributed by atoms with E-state index >= 15 is 0 Å². The lowest BCUT2D eigenvalue weighted by Gasteiger charge is -2.26. The number of benzene rings is 2. The maximum atomic E-state index is 13.1. The Labute approximate surface area is 187 Å². The molecule has 1 N–H and O–H groups in total. The fourth-order valence-electron chi connectivity index (χ4n) is 4.43. The molecule has 7 heteroatoms. The second-order valence-corrected chi connectivity index (χ2v) is 8.04. The summed E-state index contributed by atoms with van der Waals surface area (Å²) in [6, 6.07) is 11.8. The van der Waals surface area contributed by atoms with E-state index < -0.39 is 17.7 Å². The molecule has 0 radical (unpaired) electrons. The van der Waals surface area contributed by atoms with Gasteiger partial charge in [-0.2, -0.15) is 0 Å². The van der Waals surface area contributed by atoms with Crippen molar-refractivity contribution < 1.29 is 28.9 Å². The van der Waals surface area contributed by atoms with Gasteiger partial charge in [0, 0.05) is 37.8 Å². The number of carbonyl (C=O) groups is 2. The highest BCUT2D eigenvalue weighted by molar-refractivity contribution is 6.46. The predicted octanol–water partition coefficient (Wildman–Crippen LogP) is 3.48. The minimum atomic E-state index is -0.758. The zero-order valence-electron chi connectivity index (χ0n) is 18.5. The summed E-state index contributed by atoms with van der Waals surface area (Å²) in [6.07, 6.45) is 1.34. The van der Waals surface area contributed by atoms with Crippen LogP contribution in [0.1, 0.15) is 36.1 Å². The summed E-state index contributed by atoms with van der Waals surface area (Å²) >= 11 is 0. The van der Waals surface area contributed by atoms with Gasteiger partial charge in [0.15, 0.2) is 0 Å². The third-order valence-corrected chi connectivity index (χ3v) is 5.89. The van der Waals surface area contributed by atoms with Crippen molar-refractivity contribution in [2.24, 2.45) is 0 Å². The Morgan fingerprint density at radius 3 is 2.72 bits per heavy atom. The van der Waals surface area contributed by atoms with E-state index in [9.17, 15) is 14.7 Å². The highest BCUT2D eigenvalue weighted by Gasteiger charge is 2.46. The molecule has 1 saturated heterocycles. The van der Waals surface area contributed by atoms with Crippen LogP contribution in [-0.2, 0) is 20.7 Å². The number of hydrogen-bond acceptors (Lipinski definition) is 6. The summed E-state index contributed by atoms with van der Waals surface area (Å²) < 4.78 is 16.4. The van der Waals surface area contributed by atoms with Crippen molar-refractivity contribution in [3.8, 4) is 11.5 Å². The van der Waals surface area contributed by atoms with Crippen molar-refractivity contribution in [3.63, 3.8) is 0 Å². The summed E-state index contributed by atoms with van der Waals surface area (Å²) in [6.45, 7) is 2.74. The van der Waals surface area contributed by atoms with Gasteiger partial charge in [0.05, 0.1) is 18.7 Å². The average Bonchev–Trinajstić information content (AvgIpc) is 3.29. The van der Waals surface area contributed by atoms with Crippen molar-refractivity contribution in [3.05, 3.63) is 64.7 Å². The second kappa shape index (κ2) is 9.04. The van der Waals surface area contributed by atoms with Crippen molar-refractivity contribution >= 4 is 17.4 Å². The van der Waals surface area contributed by atoms with Gasteiger partial charge in [-0.05, 0) is 43.2 Å². The number of aliphatic hydroxyl groups is 1. The molecule has 0 aliphatic carbocycles. The Kier molecular flexibility index (Phi) is 6.19. The van der Waals surface area contributed by atoms with Crippen LogP contribution in [0.2, 0.25) is 0 Å². The molecule has 2 aliphatic rings. The molecule has 0 aromatic heterocycles. The number of fused-ring (bicyclic) bond motifs is 1. The highest BCUT2D eigenvalue weighted by Crippen LogP contribution is 2.43. The normalized spacial score (nSPS) is 21.5. The first-order valence-electron chi connectivity index (χ1n) is 10.7. The van der Waals surface area contributed by atoms with Crippen LogP contribution in [0.3, 0.4) is 0 Å². The number of para-hydroxylation sites is 1. The van der Waals surface area contributed by atoms with Crippen LogP contribution < -0.4 is 9.47 Å². The summed E-state index contributed by atoms with van der Waals surface area (Å²) in [5, 5.41) is 11.3. The molecule has 2 heterocycles. The third-order valence-electron chi connectivity index (χ3n) is 5.89. The maximum absolute atomic E-state index is 13.1. The molecule has 168 valence electrons. The van der Waals surface area contributed by atoms with Crippen LogP contribution >= 0.6 is 0 Å². The van der Waals surface area contributed by atoms with Gasteiger partial charge in [-0.3, -0.25) is 9.59 Å². The highest BCUT2D eigenvalue weighted by atomic mass is 16.5. The molecule has 4 rings (SSSR count). The van der Waals surface area contributed by atoms with Gasteiger partial charge in [-0.15, -0.1) is 0 Å². The molecule has 1 amide bonds. The number of carbonyl (C=O) groups excluding carboxylic acids is 2. The Balaban J connectivity index is 1.83. The number of amides is 1. The number of hydrogen-bond donors (Lipinski definition) is 1. The van der Waals surface area contributed by atoms with E-state index in [2.05, 4.69) is 0 Å². The molecular formula is C25H27NO6. The molecule has 2 unspecified atom stereocenters. The fraction of sp³-hybridized carbons (Fsp3) is 0.360. The Hall–Kier alpha value is -3.32. The summed E-state index contributed by atoms with van der Waals surface area (Å²) in [4.78, 5) is 27.6. The molecule has 1 fully saturated rings. The van der Waals surface area contributed by atoms with Crippen LogP contribution in [0.15, 0.2) is 48.0 Å². The van der Waals surface area contributed by atoms with Crippen molar-refractivity contribution in [2.75, 3.05) is 27.4 Å². The SMILES string of the molecule is COCCCN1C(=O)C(=O)/C(=C(/O)c2ccc3c(c2)CC(C)O3)C1c1ccccc1OC. The number of nitrogens with zero attached hydrogens (tertiary/aromatic N) is 1. The quantitative estimate of drug-likeness (QED) is 0.309. The van der Waals surface area contributed by atoms with Crippen LogP contribution in [0.4, 0.5) is 0 Å². The number of ether oxygens (including phenoxy) is 3. The predicted molar refractivity (Wildman–Crippen MR) is 119 cm³/mol. The topological polar surface area (TPSA) is 85.3 Å².